The van der Waals surface area contributed by atoms with Gasteiger partial charge in [0.1, 0.15) is 6.04 Å². The monoisotopic (exact) mass is 347 g/mol. The van der Waals surface area contributed by atoms with Crippen molar-refractivity contribution in [3.63, 3.8) is 0 Å². The van der Waals surface area contributed by atoms with E-state index in [-0.39, 0.29) is 5.92 Å². The summed E-state index contributed by atoms with van der Waals surface area (Å²) in [6, 6.07) is 5.91. The highest BCUT2D eigenvalue weighted by Gasteiger charge is 2.51. The molecule has 6 nitrogen and oxygen atoms in total. The normalized spacial score (nSPS) is 19.7. The highest BCUT2D eigenvalue weighted by molar-refractivity contribution is 6.62. The summed E-state index contributed by atoms with van der Waals surface area (Å²) in [7, 11) is -0.496. The summed E-state index contributed by atoms with van der Waals surface area (Å²) in [6.07, 6.45) is 0. The molecule has 1 aliphatic heterocycles. The van der Waals surface area contributed by atoms with E-state index >= 15 is 0 Å². The molecule has 2 rings (SSSR count). The maximum absolute atomic E-state index is 12.3. The minimum Gasteiger partial charge on any atom is -0.480 e. The number of amides is 1. The third-order valence-corrected chi connectivity index (χ3v) is 4.92. The van der Waals surface area contributed by atoms with Gasteiger partial charge in [0.15, 0.2) is 0 Å². The van der Waals surface area contributed by atoms with Crippen molar-refractivity contribution >= 4 is 24.5 Å². The van der Waals surface area contributed by atoms with Crippen LogP contribution in [0.3, 0.4) is 0 Å². The summed E-state index contributed by atoms with van der Waals surface area (Å²) in [4.78, 5) is 23.5. The van der Waals surface area contributed by atoms with Crippen molar-refractivity contribution in [1.82, 2.24) is 5.32 Å². The molecule has 0 spiro atoms. The Bertz CT molecular complexity index is 638. The third-order valence-electron chi connectivity index (χ3n) is 4.92. The van der Waals surface area contributed by atoms with Gasteiger partial charge in [-0.25, -0.2) is 4.79 Å². The zero-order valence-electron chi connectivity index (χ0n) is 15.6. The first-order valence-corrected chi connectivity index (χ1v) is 8.44. The van der Waals surface area contributed by atoms with Crippen LogP contribution in [0, 0.1) is 5.92 Å². The second kappa shape index (κ2) is 6.80. The van der Waals surface area contributed by atoms with Crippen molar-refractivity contribution in [2.75, 3.05) is 0 Å². The van der Waals surface area contributed by atoms with Gasteiger partial charge < -0.3 is 19.7 Å². The lowest BCUT2D eigenvalue weighted by atomic mass is 9.79. The average Bonchev–Trinajstić information content (AvgIpc) is 2.72. The van der Waals surface area contributed by atoms with Gasteiger partial charge in [0.25, 0.3) is 5.91 Å². The fraction of sp³-hybridized carbons (Fsp3) is 0.556. The number of hydrogen-bond donors (Lipinski definition) is 2. The Morgan fingerprint density at radius 2 is 1.52 bits per heavy atom. The van der Waals surface area contributed by atoms with Crippen LogP contribution in [0.5, 0.6) is 0 Å². The van der Waals surface area contributed by atoms with Gasteiger partial charge in [-0.3, -0.25) is 4.79 Å². The first kappa shape index (κ1) is 19.5. The SMILES string of the molecule is CC(C)C(NC(=O)c1ccc(B2OC(C)(C)C(C)(C)O2)cc1)C(=O)O. The Morgan fingerprint density at radius 3 is 1.92 bits per heavy atom. The number of hydrogen-bond acceptors (Lipinski definition) is 4. The quantitative estimate of drug-likeness (QED) is 0.794. The van der Waals surface area contributed by atoms with Gasteiger partial charge in [-0.05, 0) is 51.2 Å². The summed E-state index contributed by atoms with van der Waals surface area (Å²) in [5.74, 6) is -1.66. The highest BCUT2D eigenvalue weighted by Crippen LogP contribution is 2.36. The Balaban J connectivity index is 2.10. The molecule has 1 fully saturated rings. The number of carboxylic acid groups (broad SMARTS) is 1. The number of aliphatic carboxylic acids is 1. The van der Waals surface area contributed by atoms with Crippen LogP contribution in [-0.4, -0.2) is 41.3 Å². The molecule has 1 amide bonds. The van der Waals surface area contributed by atoms with Crippen LogP contribution in [0.2, 0.25) is 0 Å². The van der Waals surface area contributed by atoms with E-state index in [0.29, 0.717) is 5.56 Å². The second-order valence-corrected chi connectivity index (χ2v) is 7.74. The van der Waals surface area contributed by atoms with Gasteiger partial charge in [0.2, 0.25) is 0 Å². The number of rotatable bonds is 5. The first-order valence-electron chi connectivity index (χ1n) is 8.44. The van der Waals surface area contributed by atoms with E-state index in [0.717, 1.165) is 5.46 Å². The van der Waals surface area contributed by atoms with E-state index in [1.165, 1.54) is 0 Å². The molecule has 1 saturated heterocycles. The standard InChI is InChI=1S/C18H26BNO5/c1-11(2)14(16(22)23)20-15(21)12-7-9-13(10-8-12)19-24-17(3,4)18(5,6)25-19/h7-11,14H,1-6H3,(H,20,21)(H,22,23). The predicted molar refractivity (Wildman–Crippen MR) is 95.9 cm³/mol. The molecule has 136 valence electrons. The molecule has 7 heteroatoms. The Kier molecular flexibility index (Phi) is 5.30. The second-order valence-electron chi connectivity index (χ2n) is 7.74. The molecular weight excluding hydrogens is 321 g/mol. The molecule has 0 aromatic heterocycles. The van der Waals surface area contributed by atoms with Gasteiger partial charge in [-0.2, -0.15) is 0 Å². The highest BCUT2D eigenvalue weighted by atomic mass is 16.7. The lowest BCUT2D eigenvalue weighted by molar-refractivity contribution is -0.140. The lowest BCUT2D eigenvalue weighted by Gasteiger charge is -2.32. The van der Waals surface area contributed by atoms with E-state index in [1.54, 1.807) is 38.1 Å². The number of carboxylic acids is 1. The molecule has 0 aliphatic carbocycles. The van der Waals surface area contributed by atoms with Crippen molar-refractivity contribution in [3.8, 4) is 0 Å². The van der Waals surface area contributed by atoms with Crippen molar-refractivity contribution in [2.45, 2.75) is 58.8 Å². The summed E-state index contributed by atoms with van der Waals surface area (Å²) in [5.41, 5.74) is 0.348. The van der Waals surface area contributed by atoms with Crippen molar-refractivity contribution in [3.05, 3.63) is 29.8 Å². The maximum atomic E-state index is 12.3. The van der Waals surface area contributed by atoms with Crippen LogP contribution in [-0.2, 0) is 14.1 Å². The fourth-order valence-electron chi connectivity index (χ4n) is 2.51. The largest absolute Gasteiger partial charge is 0.494 e. The lowest BCUT2D eigenvalue weighted by Crippen LogP contribution is -2.44. The molecule has 2 N–H and O–H groups in total. The topological polar surface area (TPSA) is 84.9 Å². The number of benzene rings is 1. The fourth-order valence-corrected chi connectivity index (χ4v) is 2.51. The van der Waals surface area contributed by atoms with E-state index in [9.17, 15) is 14.7 Å². The zero-order valence-corrected chi connectivity index (χ0v) is 15.6. The zero-order chi connectivity index (χ0) is 19.0. The van der Waals surface area contributed by atoms with Crippen LogP contribution < -0.4 is 10.8 Å². The van der Waals surface area contributed by atoms with E-state index in [2.05, 4.69) is 5.32 Å². The number of carbonyl (C=O) groups excluding carboxylic acids is 1. The average molecular weight is 347 g/mol. The Labute approximate surface area is 149 Å². The minimum atomic E-state index is -1.04. The maximum Gasteiger partial charge on any atom is 0.494 e. The van der Waals surface area contributed by atoms with E-state index in [4.69, 9.17) is 9.31 Å². The van der Waals surface area contributed by atoms with Crippen LogP contribution in [0.4, 0.5) is 0 Å². The molecular formula is C18H26BNO5. The molecule has 25 heavy (non-hydrogen) atoms. The third kappa shape index (κ3) is 4.04. The smallest absolute Gasteiger partial charge is 0.480 e. The first-order chi connectivity index (χ1) is 11.4. The van der Waals surface area contributed by atoms with Gasteiger partial charge in [-0.1, -0.05) is 26.0 Å². The van der Waals surface area contributed by atoms with Crippen molar-refractivity contribution < 1.29 is 24.0 Å². The van der Waals surface area contributed by atoms with Crippen molar-refractivity contribution in [2.24, 2.45) is 5.92 Å². The van der Waals surface area contributed by atoms with Gasteiger partial charge in [0, 0.05) is 5.56 Å². The van der Waals surface area contributed by atoms with Gasteiger partial charge >= 0.3 is 13.1 Å². The Morgan fingerprint density at radius 1 is 1.04 bits per heavy atom. The molecule has 1 atom stereocenters. The van der Waals surface area contributed by atoms with Crippen molar-refractivity contribution in [1.29, 1.82) is 0 Å². The Hall–Kier alpha value is -1.86. The van der Waals surface area contributed by atoms with E-state index < -0.39 is 36.2 Å². The molecule has 1 heterocycles. The minimum absolute atomic E-state index is 0.203. The van der Waals surface area contributed by atoms with Crippen LogP contribution in [0.1, 0.15) is 51.9 Å². The van der Waals surface area contributed by atoms with Crippen LogP contribution in [0.15, 0.2) is 24.3 Å². The van der Waals surface area contributed by atoms with E-state index in [1.807, 2.05) is 27.7 Å². The van der Waals surface area contributed by atoms with Gasteiger partial charge in [0.05, 0.1) is 11.2 Å². The molecule has 1 unspecified atom stereocenters. The summed E-state index contributed by atoms with van der Waals surface area (Å²) >= 11 is 0. The molecule has 0 radical (unpaired) electrons. The molecule has 1 aromatic rings. The summed E-state index contributed by atoms with van der Waals surface area (Å²) in [6.45, 7) is 11.4. The summed E-state index contributed by atoms with van der Waals surface area (Å²) in [5, 5.41) is 11.7. The number of nitrogens with one attached hydrogen (secondary N) is 1. The molecule has 0 saturated carbocycles. The van der Waals surface area contributed by atoms with Crippen LogP contribution >= 0.6 is 0 Å². The number of carbonyl (C=O) groups is 2. The molecule has 0 bridgehead atoms. The summed E-state index contributed by atoms with van der Waals surface area (Å²) < 4.78 is 12.0. The van der Waals surface area contributed by atoms with Gasteiger partial charge in [-0.15, -0.1) is 0 Å². The predicted octanol–water partition coefficient (Wildman–Crippen LogP) is 1.82. The van der Waals surface area contributed by atoms with Crippen LogP contribution in [0.25, 0.3) is 0 Å². The molecule has 1 aliphatic rings. The molecule has 1 aromatic carbocycles.